The Balaban J connectivity index is 2.73. The summed E-state index contributed by atoms with van der Waals surface area (Å²) in [5, 5.41) is 18.3. The predicted molar refractivity (Wildman–Crippen MR) is 53.1 cm³/mol. The van der Waals surface area contributed by atoms with E-state index in [0.29, 0.717) is 18.8 Å². The SMILES string of the molecule is CC(CO)(CO)N1CC(CCl)CC1=O. The van der Waals surface area contributed by atoms with Crippen molar-refractivity contribution in [2.24, 2.45) is 5.92 Å². The average Bonchev–Trinajstić information content (AvgIpc) is 2.59. The normalized spacial score (nSPS) is 23.3. The molecule has 0 aromatic rings. The molecule has 1 aliphatic rings. The fraction of sp³-hybridized carbons (Fsp3) is 0.889. The molecule has 1 amide bonds. The van der Waals surface area contributed by atoms with Gasteiger partial charge in [-0.15, -0.1) is 11.6 Å². The highest BCUT2D eigenvalue weighted by atomic mass is 35.5. The Morgan fingerprint density at radius 1 is 1.57 bits per heavy atom. The van der Waals surface area contributed by atoms with E-state index in [9.17, 15) is 4.79 Å². The van der Waals surface area contributed by atoms with Gasteiger partial charge in [-0.3, -0.25) is 4.79 Å². The zero-order valence-corrected chi connectivity index (χ0v) is 9.00. The highest BCUT2D eigenvalue weighted by Gasteiger charge is 2.40. The fourth-order valence-corrected chi connectivity index (χ4v) is 1.83. The van der Waals surface area contributed by atoms with Crippen molar-refractivity contribution < 1.29 is 15.0 Å². The number of nitrogens with zero attached hydrogens (tertiary/aromatic N) is 1. The topological polar surface area (TPSA) is 60.8 Å². The Morgan fingerprint density at radius 2 is 2.14 bits per heavy atom. The number of carbonyl (C=O) groups is 1. The largest absolute Gasteiger partial charge is 0.394 e. The molecule has 1 rings (SSSR count). The van der Waals surface area contributed by atoms with E-state index in [-0.39, 0.29) is 25.0 Å². The molecule has 14 heavy (non-hydrogen) atoms. The molecule has 0 aromatic carbocycles. The first-order chi connectivity index (χ1) is 6.57. The van der Waals surface area contributed by atoms with Gasteiger partial charge in [0.1, 0.15) is 0 Å². The number of hydrogen-bond acceptors (Lipinski definition) is 3. The number of likely N-dealkylation sites (tertiary alicyclic amines) is 1. The van der Waals surface area contributed by atoms with Crippen LogP contribution in [0.2, 0.25) is 0 Å². The maximum atomic E-state index is 11.6. The van der Waals surface area contributed by atoms with Crippen molar-refractivity contribution in [2.75, 3.05) is 25.6 Å². The van der Waals surface area contributed by atoms with Crippen LogP contribution in [0.3, 0.4) is 0 Å². The maximum absolute atomic E-state index is 11.6. The van der Waals surface area contributed by atoms with E-state index in [2.05, 4.69) is 0 Å². The van der Waals surface area contributed by atoms with Crippen LogP contribution in [0.1, 0.15) is 13.3 Å². The lowest BCUT2D eigenvalue weighted by molar-refractivity contribution is -0.136. The summed E-state index contributed by atoms with van der Waals surface area (Å²) in [4.78, 5) is 13.1. The number of halogens is 1. The minimum atomic E-state index is -0.849. The van der Waals surface area contributed by atoms with E-state index in [1.807, 2.05) is 0 Å². The Morgan fingerprint density at radius 3 is 2.50 bits per heavy atom. The van der Waals surface area contributed by atoms with Gasteiger partial charge in [-0.1, -0.05) is 0 Å². The summed E-state index contributed by atoms with van der Waals surface area (Å²) < 4.78 is 0. The molecule has 1 aliphatic heterocycles. The van der Waals surface area contributed by atoms with Crippen LogP contribution in [0, 0.1) is 5.92 Å². The standard InChI is InChI=1S/C9H16ClNO3/c1-9(5-12,6-13)11-4-7(3-10)2-8(11)14/h7,12-13H,2-6H2,1H3. The number of rotatable bonds is 4. The van der Waals surface area contributed by atoms with Gasteiger partial charge >= 0.3 is 0 Å². The van der Waals surface area contributed by atoms with Crippen LogP contribution < -0.4 is 0 Å². The molecule has 2 N–H and O–H groups in total. The minimum Gasteiger partial charge on any atom is -0.394 e. The number of alkyl halides is 1. The van der Waals surface area contributed by atoms with Gasteiger partial charge < -0.3 is 15.1 Å². The van der Waals surface area contributed by atoms with E-state index in [1.54, 1.807) is 6.92 Å². The average molecular weight is 222 g/mol. The minimum absolute atomic E-state index is 0.0405. The zero-order chi connectivity index (χ0) is 10.8. The molecule has 4 nitrogen and oxygen atoms in total. The van der Waals surface area contributed by atoms with Gasteiger partial charge in [0.2, 0.25) is 5.91 Å². The molecule has 0 bridgehead atoms. The molecule has 82 valence electrons. The highest BCUT2D eigenvalue weighted by Crippen LogP contribution is 2.26. The van der Waals surface area contributed by atoms with Gasteiger partial charge in [-0.05, 0) is 12.8 Å². The van der Waals surface area contributed by atoms with Gasteiger partial charge in [0, 0.05) is 18.8 Å². The third kappa shape index (κ3) is 2.02. The maximum Gasteiger partial charge on any atom is 0.223 e. The van der Waals surface area contributed by atoms with E-state index in [4.69, 9.17) is 21.8 Å². The van der Waals surface area contributed by atoms with Crippen LogP contribution in [0.4, 0.5) is 0 Å². The van der Waals surface area contributed by atoms with Crippen molar-refractivity contribution >= 4 is 17.5 Å². The van der Waals surface area contributed by atoms with E-state index < -0.39 is 5.54 Å². The zero-order valence-electron chi connectivity index (χ0n) is 8.24. The van der Waals surface area contributed by atoms with Gasteiger partial charge in [0.05, 0.1) is 18.8 Å². The molecule has 0 spiro atoms. The van der Waals surface area contributed by atoms with Crippen molar-refractivity contribution in [3.63, 3.8) is 0 Å². The number of carbonyl (C=O) groups excluding carboxylic acids is 1. The molecule has 1 unspecified atom stereocenters. The molecular formula is C9H16ClNO3. The Hall–Kier alpha value is -0.320. The Labute approximate surface area is 88.5 Å². The van der Waals surface area contributed by atoms with E-state index in [0.717, 1.165) is 0 Å². The first-order valence-electron chi connectivity index (χ1n) is 4.65. The second kappa shape index (κ2) is 4.47. The van der Waals surface area contributed by atoms with Gasteiger partial charge in [-0.25, -0.2) is 0 Å². The Kier molecular flexibility index (Phi) is 3.75. The monoisotopic (exact) mass is 221 g/mol. The molecule has 1 heterocycles. The lowest BCUT2D eigenvalue weighted by Gasteiger charge is -2.35. The molecule has 5 heteroatoms. The number of hydrogen-bond donors (Lipinski definition) is 2. The van der Waals surface area contributed by atoms with E-state index in [1.165, 1.54) is 4.90 Å². The van der Waals surface area contributed by atoms with Crippen molar-refractivity contribution in [1.82, 2.24) is 4.90 Å². The molecule has 0 aliphatic carbocycles. The van der Waals surface area contributed by atoms with Crippen LogP contribution in [-0.2, 0) is 4.79 Å². The molecule has 0 radical (unpaired) electrons. The van der Waals surface area contributed by atoms with Crippen LogP contribution in [-0.4, -0.2) is 52.2 Å². The first kappa shape index (κ1) is 11.8. The van der Waals surface area contributed by atoms with Crippen molar-refractivity contribution in [3.8, 4) is 0 Å². The molecule has 1 saturated heterocycles. The van der Waals surface area contributed by atoms with Crippen LogP contribution >= 0.6 is 11.6 Å². The van der Waals surface area contributed by atoms with Crippen LogP contribution in [0.15, 0.2) is 0 Å². The summed E-state index contributed by atoms with van der Waals surface area (Å²) in [6.45, 7) is 1.73. The number of aliphatic hydroxyl groups excluding tert-OH is 2. The molecular weight excluding hydrogens is 206 g/mol. The van der Waals surface area contributed by atoms with Gasteiger partial charge in [0.25, 0.3) is 0 Å². The lowest BCUT2D eigenvalue weighted by Crippen LogP contribution is -2.52. The second-order valence-corrected chi connectivity index (χ2v) is 4.35. The quantitative estimate of drug-likeness (QED) is 0.648. The van der Waals surface area contributed by atoms with Crippen molar-refractivity contribution in [3.05, 3.63) is 0 Å². The molecule has 1 fully saturated rings. The highest BCUT2D eigenvalue weighted by molar-refractivity contribution is 6.18. The van der Waals surface area contributed by atoms with Crippen LogP contribution in [0.5, 0.6) is 0 Å². The third-order valence-electron chi connectivity index (χ3n) is 2.76. The van der Waals surface area contributed by atoms with Gasteiger partial charge in [-0.2, -0.15) is 0 Å². The summed E-state index contributed by atoms with van der Waals surface area (Å²) in [5.74, 6) is 0.540. The van der Waals surface area contributed by atoms with Gasteiger partial charge in [0.15, 0.2) is 0 Å². The molecule has 1 atom stereocenters. The molecule has 0 saturated carbocycles. The summed E-state index contributed by atoms with van der Waals surface area (Å²) in [6, 6.07) is 0. The molecule has 0 aromatic heterocycles. The predicted octanol–water partition coefficient (Wildman–Crippen LogP) is -0.183. The van der Waals surface area contributed by atoms with Crippen LogP contribution in [0.25, 0.3) is 0 Å². The number of aliphatic hydroxyl groups is 2. The number of amides is 1. The van der Waals surface area contributed by atoms with Crippen molar-refractivity contribution in [1.29, 1.82) is 0 Å². The smallest absolute Gasteiger partial charge is 0.223 e. The second-order valence-electron chi connectivity index (χ2n) is 4.04. The summed E-state index contributed by atoms with van der Waals surface area (Å²) in [6.07, 6.45) is 0.416. The van der Waals surface area contributed by atoms with Crippen molar-refractivity contribution in [2.45, 2.75) is 18.9 Å². The summed E-state index contributed by atoms with van der Waals surface area (Å²) in [5.41, 5.74) is -0.849. The fourth-order valence-electron chi connectivity index (χ4n) is 1.63. The lowest BCUT2D eigenvalue weighted by atomic mass is 10.0. The third-order valence-corrected chi connectivity index (χ3v) is 3.19. The summed E-state index contributed by atoms with van der Waals surface area (Å²) >= 11 is 5.67. The summed E-state index contributed by atoms with van der Waals surface area (Å²) in [7, 11) is 0. The Bertz CT molecular complexity index is 218. The van der Waals surface area contributed by atoms with E-state index >= 15 is 0 Å². The first-order valence-corrected chi connectivity index (χ1v) is 5.19.